The first-order chi connectivity index (χ1) is 14.6. The molecular weight excluding hydrogens is 378 g/mol. The summed E-state index contributed by atoms with van der Waals surface area (Å²) in [7, 11) is 0. The Morgan fingerprint density at radius 1 is 1.10 bits per heavy atom. The lowest BCUT2D eigenvalue weighted by molar-refractivity contribution is 0.287. The van der Waals surface area contributed by atoms with E-state index in [4.69, 9.17) is 21.4 Å². The second-order valence-corrected chi connectivity index (χ2v) is 7.11. The summed E-state index contributed by atoms with van der Waals surface area (Å²) in [5.74, 6) is 0.725. The number of oxime groups is 1. The van der Waals surface area contributed by atoms with E-state index in [0.29, 0.717) is 24.3 Å². The molecule has 0 aliphatic rings. The highest BCUT2D eigenvalue weighted by Gasteiger charge is 2.10. The third-order valence-corrected chi connectivity index (χ3v) is 4.96. The van der Waals surface area contributed by atoms with Crippen LogP contribution in [-0.2, 0) is 6.42 Å². The van der Waals surface area contributed by atoms with Crippen LogP contribution in [0.25, 0.3) is 22.0 Å². The molecule has 0 aliphatic carbocycles. The van der Waals surface area contributed by atoms with Crippen LogP contribution in [0.1, 0.15) is 11.1 Å². The second-order valence-electron chi connectivity index (χ2n) is 7.11. The van der Waals surface area contributed by atoms with Gasteiger partial charge in [0.15, 0.2) is 5.84 Å². The number of nitrogens with two attached hydrogens (primary N) is 2. The molecular formula is C23H23N5O2. The fraction of sp³-hybridized carbons (Fsp3) is 0.130. The molecule has 1 atom stereocenters. The molecule has 6 N–H and O–H groups in total. The average Bonchev–Trinajstić information content (AvgIpc) is 3.20. The van der Waals surface area contributed by atoms with Gasteiger partial charge in [0.1, 0.15) is 12.4 Å². The highest BCUT2D eigenvalue weighted by Crippen LogP contribution is 2.24. The van der Waals surface area contributed by atoms with Gasteiger partial charge in [-0.15, -0.1) is 0 Å². The monoisotopic (exact) mass is 401 g/mol. The van der Waals surface area contributed by atoms with E-state index in [2.05, 4.69) is 27.3 Å². The summed E-state index contributed by atoms with van der Waals surface area (Å²) in [5, 5.41) is 13.0. The normalized spacial score (nSPS) is 12.8. The van der Waals surface area contributed by atoms with Gasteiger partial charge in [-0.2, -0.15) is 0 Å². The van der Waals surface area contributed by atoms with E-state index in [1.165, 1.54) is 10.9 Å². The van der Waals surface area contributed by atoms with Crippen LogP contribution in [0, 0.1) is 0 Å². The van der Waals surface area contributed by atoms with Crippen molar-refractivity contribution in [3.63, 3.8) is 0 Å². The van der Waals surface area contributed by atoms with Gasteiger partial charge in [0.05, 0.1) is 6.20 Å². The van der Waals surface area contributed by atoms with Crippen molar-refractivity contribution in [2.75, 3.05) is 6.61 Å². The summed E-state index contributed by atoms with van der Waals surface area (Å²) in [6.45, 7) is 0.382. The molecule has 0 saturated carbocycles. The molecule has 0 fully saturated rings. The van der Waals surface area contributed by atoms with Gasteiger partial charge in [0, 0.05) is 40.5 Å². The van der Waals surface area contributed by atoms with Crippen molar-refractivity contribution in [3.8, 4) is 16.9 Å². The molecule has 152 valence electrons. The molecule has 2 aromatic heterocycles. The smallest absolute Gasteiger partial charge is 0.170 e. The van der Waals surface area contributed by atoms with E-state index in [1.807, 2.05) is 36.5 Å². The lowest BCUT2D eigenvalue weighted by Crippen LogP contribution is -2.30. The summed E-state index contributed by atoms with van der Waals surface area (Å²) in [6, 6.07) is 17.3. The van der Waals surface area contributed by atoms with Gasteiger partial charge in [-0.3, -0.25) is 4.98 Å². The van der Waals surface area contributed by atoms with Gasteiger partial charge in [0.25, 0.3) is 0 Å². The number of hydrogen-bond acceptors (Lipinski definition) is 5. The number of fused-ring (bicyclic) bond motifs is 1. The molecule has 2 aromatic carbocycles. The Kier molecular flexibility index (Phi) is 5.63. The van der Waals surface area contributed by atoms with Crippen molar-refractivity contribution in [1.82, 2.24) is 9.97 Å². The zero-order valence-corrected chi connectivity index (χ0v) is 16.3. The van der Waals surface area contributed by atoms with Crippen molar-refractivity contribution in [2.24, 2.45) is 16.6 Å². The first-order valence-corrected chi connectivity index (χ1v) is 9.61. The summed E-state index contributed by atoms with van der Waals surface area (Å²) in [4.78, 5) is 7.54. The number of aromatic nitrogens is 2. The number of nitrogens with one attached hydrogen (secondary N) is 1. The summed E-state index contributed by atoms with van der Waals surface area (Å²) < 4.78 is 5.90. The van der Waals surface area contributed by atoms with Crippen LogP contribution in [0.15, 0.2) is 78.3 Å². The minimum absolute atomic E-state index is 0.0703. The van der Waals surface area contributed by atoms with Gasteiger partial charge in [-0.05, 0) is 29.7 Å². The number of benzene rings is 2. The van der Waals surface area contributed by atoms with Gasteiger partial charge in [0.2, 0.25) is 0 Å². The quantitative estimate of drug-likeness (QED) is 0.164. The van der Waals surface area contributed by atoms with E-state index < -0.39 is 0 Å². The van der Waals surface area contributed by atoms with E-state index in [-0.39, 0.29) is 11.9 Å². The molecule has 0 bridgehead atoms. The molecule has 7 heteroatoms. The number of para-hydroxylation sites is 1. The van der Waals surface area contributed by atoms with Crippen LogP contribution in [0.3, 0.4) is 0 Å². The minimum Gasteiger partial charge on any atom is -0.490 e. The average molecular weight is 401 g/mol. The number of hydrogen-bond donors (Lipinski definition) is 4. The summed E-state index contributed by atoms with van der Waals surface area (Å²) in [5.41, 5.74) is 16.7. The molecule has 0 radical (unpaired) electrons. The maximum atomic E-state index is 8.77. The third kappa shape index (κ3) is 4.26. The fourth-order valence-electron chi connectivity index (χ4n) is 3.39. The molecule has 0 unspecified atom stereocenters. The molecule has 4 aromatic rings. The number of nitrogens with zero attached hydrogens (tertiary/aromatic N) is 2. The second kappa shape index (κ2) is 8.67. The SMILES string of the molecule is NC(=NO)c1ccc(-c2cncc(OC[C@@H](N)Cc3c[nH]c4ccccc34)c2)cc1. The molecule has 7 nitrogen and oxygen atoms in total. The van der Waals surface area contributed by atoms with Crippen LogP contribution in [-0.4, -0.2) is 33.7 Å². The number of rotatable bonds is 7. The number of aromatic amines is 1. The molecule has 30 heavy (non-hydrogen) atoms. The predicted octanol–water partition coefficient (Wildman–Crippen LogP) is 3.27. The highest BCUT2D eigenvalue weighted by atomic mass is 16.5. The zero-order valence-electron chi connectivity index (χ0n) is 16.3. The van der Waals surface area contributed by atoms with Gasteiger partial charge >= 0.3 is 0 Å². The molecule has 4 rings (SSSR count). The Morgan fingerprint density at radius 2 is 1.90 bits per heavy atom. The topological polar surface area (TPSA) is 123 Å². The number of pyridine rings is 1. The van der Waals surface area contributed by atoms with Crippen LogP contribution < -0.4 is 16.2 Å². The molecule has 0 amide bonds. The highest BCUT2D eigenvalue weighted by molar-refractivity contribution is 5.97. The standard InChI is InChI=1S/C23H23N5O2/c24-19(9-18-12-27-22-4-2-1-3-21(18)22)14-30-20-10-17(11-26-13-20)15-5-7-16(8-6-15)23(25)28-29/h1-8,10-13,19,27,29H,9,14,24H2,(H2,25,28)/t19-/m0/s1. The van der Waals surface area contributed by atoms with Crippen molar-refractivity contribution < 1.29 is 9.94 Å². The zero-order chi connectivity index (χ0) is 20.9. The van der Waals surface area contributed by atoms with Crippen LogP contribution in [0.5, 0.6) is 5.75 Å². The molecule has 2 heterocycles. The number of ether oxygens (including phenoxy) is 1. The molecule has 0 aliphatic heterocycles. The van der Waals surface area contributed by atoms with Gasteiger partial charge in [-0.25, -0.2) is 0 Å². The third-order valence-electron chi connectivity index (χ3n) is 4.96. The molecule has 0 spiro atoms. The van der Waals surface area contributed by atoms with Crippen LogP contribution in [0.4, 0.5) is 0 Å². The Bertz CT molecular complexity index is 1170. The van der Waals surface area contributed by atoms with Crippen molar-refractivity contribution in [3.05, 3.63) is 84.3 Å². The van der Waals surface area contributed by atoms with Crippen molar-refractivity contribution in [1.29, 1.82) is 0 Å². The van der Waals surface area contributed by atoms with Crippen LogP contribution in [0.2, 0.25) is 0 Å². The summed E-state index contributed by atoms with van der Waals surface area (Å²) in [6.07, 6.45) is 6.15. The van der Waals surface area contributed by atoms with Gasteiger partial charge in [-0.1, -0.05) is 47.6 Å². The largest absolute Gasteiger partial charge is 0.490 e. The Morgan fingerprint density at radius 3 is 2.70 bits per heavy atom. The van der Waals surface area contributed by atoms with E-state index >= 15 is 0 Å². The maximum Gasteiger partial charge on any atom is 0.170 e. The predicted molar refractivity (Wildman–Crippen MR) is 118 cm³/mol. The first kappa shape index (κ1) is 19.5. The van der Waals surface area contributed by atoms with Gasteiger partial charge < -0.3 is 26.4 Å². The Balaban J connectivity index is 1.40. The Labute approximate surface area is 174 Å². The number of amidine groups is 1. The maximum absolute atomic E-state index is 8.77. The van der Waals surface area contributed by atoms with E-state index in [1.54, 1.807) is 24.5 Å². The van der Waals surface area contributed by atoms with E-state index in [9.17, 15) is 0 Å². The fourth-order valence-corrected chi connectivity index (χ4v) is 3.39. The van der Waals surface area contributed by atoms with Crippen LogP contribution >= 0.6 is 0 Å². The van der Waals surface area contributed by atoms with Crippen molar-refractivity contribution >= 4 is 16.7 Å². The van der Waals surface area contributed by atoms with Crippen molar-refractivity contribution in [2.45, 2.75) is 12.5 Å². The van der Waals surface area contributed by atoms with E-state index in [0.717, 1.165) is 16.6 Å². The summed E-state index contributed by atoms with van der Waals surface area (Å²) >= 11 is 0. The lowest BCUT2D eigenvalue weighted by atomic mass is 10.1. The Hall–Kier alpha value is -3.84. The number of H-pyrrole nitrogens is 1. The minimum atomic E-state index is -0.145. The first-order valence-electron chi connectivity index (χ1n) is 9.61. The molecule has 0 saturated heterocycles. The lowest BCUT2D eigenvalue weighted by Gasteiger charge is -2.13.